The lowest BCUT2D eigenvalue weighted by Gasteiger charge is -1.98. The summed E-state index contributed by atoms with van der Waals surface area (Å²) in [7, 11) is 0. The Labute approximate surface area is 82.2 Å². The monoisotopic (exact) mass is 188 g/mol. The first kappa shape index (κ1) is 8.45. The van der Waals surface area contributed by atoms with E-state index in [1.807, 2.05) is 0 Å². The highest BCUT2D eigenvalue weighted by molar-refractivity contribution is 7.09. The van der Waals surface area contributed by atoms with Gasteiger partial charge in [0.1, 0.15) is 0 Å². The Morgan fingerprint density at radius 3 is 2.62 bits per heavy atom. The Kier molecular flexibility index (Phi) is 2.41. The van der Waals surface area contributed by atoms with E-state index in [0.717, 1.165) is 11.3 Å². The molecule has 65 valence electrons. The number of aryl methyl sites for hydroxylation is 1. The number of hydrogen-bond acceptors (Lipinski definition) is 2. The fourth-order valence-electron chi connectivity index (χ4n) is 1.22. The topological polar surface area (TPSA) is 12.9 Å². The molecule has 0 aliphatic heterocycles. The molecule has 0 saturated heterocycles. The zero-order valence-corrected chi connectivity index (χ0v) is 8.27. The summed E-state index contributed by atoms with van der Waals surface area (Å²) >= 11 is 1.48. The van der Waals surface area contributed by atoms with Gasteiger partial charge in [-0.15, -0.1) is 0 Å². The van der Waals surface area contributed by atoms with E-state index in [9.17, 15) is 0 Å². The molecule has 0 aliphatic carbocycles. The van der Waals surface area contributed by atoms with E-state index in [0.29, 0.717) is 0 Å². The summed E-state index contributed by atoms with van der Waals surface area (Å²) in [5.74, 6) is 0. The Morgan fingerprint density at radius 2 is 2.08 bits per heavy atom. The number of rotatable bonds is 2. The lowest BCUT2D eigenvalue weighted by molar-refractivity contribution is 1.14. The molecule has 1 aromatic heterocycles. The van der Waals surface area contributed by atoms with Crippen molar-refractivity contribution in [3.63, 3.8) is 0 Å². The van der Waals surface area contributed by atoms with Crippen molar-refractivity contribution in [2.75, 3.05) is 0 Å². The molecule has 13 heavy (non-hydrogen) atoms. The van der Waals surface area contributed by atoms with Crippen LogP contribution in [0.4, 0.5) is 0 Å². The molecular formula is C11H10NS. The van der Waals surface area contributed by atoms with E-state index in [-0.39, 0.29) is 0 Å². The van der Waals surface area contributed by atoms with E-state index in [1.54, 1.807) is 6.20 Å². The number of aromatic nitrogens is 1. The van der Waals surface area contributed by atoms with E-state index >= 15 is 0 Å². The number of benzene rings is 1. The van der Waals surface area contributed by atoms with Crippen LogP contribution in [-0.4, -0.2) is 4.37 Å². The normalized spacial score (nSPS) is 10.2. The zero-order valence-electron chi connectivity index (χ0n) is 7.45. The lowest BCUT2D eigenvalue weighted by Crippen LogP contribution is -1.78. The molecule has 0 spiro atoms. The highest BCUT2D eigenvalue weighted by Crippen LogP contribution is 2.22. The molecular weight excluding hydrogens is 178 g/mol. The van der Waals surface area contributed by atoms with Crippen LogP contribution in [0.2, 0.25) is 0 Å². The number of nitrogens with zero attached hydrogens (tertiary/aromatic N) is 1. The van der Waals surface area contributed by atoms with Crippen LogP contribution in [0.15, 0.2) is 30.5 Å². The quantitative estimate of drug-likeness (QED) is 0.705. The van der Waals surface area contributed by atoms with Gasteiger partial charge in [-0.05, 0) is 29.1 Å². The maximum Gasteiger partial charge on any atom is 0.0629 e. The second-order valence-corrected chi connectivity index (χ2v) is 3.65. The summed E-state index contributed by atoms with van der Waals surface area (Å²) in [5.41, 5.74) is 2.58. The molecule has 2 heteroatoms. The van der Waals surface area contributed by atoms with Crippen LogP contribution in [0.5, 0.6) is 0 Å². The minimum absolute atomic E-state index is 1.09. The molecule has 1 nitrogen and oxygen atoms in total. The minimum Gasteiger partial charge on any atom is -0.200 e. The molecule has 0 unspecified atom stereocenters. The third kappa shape index (κ3) is 1.78. The van der Waals surface area contributed by atoms with Gasteiger partial charge < -0.3 is 0 Å². The molecule has 2 rings (SSSR count). The summed E-state index contributed by atoms with van der Waals surface area (Å²) in [5, 5.41) is 0. The van der Waals surface area contributed by atoms with Gasteiger partial charge in [0.2, 0.25) is 0 Å². The van der Waals surface area contributed by atoms with Crippen molar-refractivity contribution in [3.05, 3.63) is 42.1 Å². The molecule has 0 amide bonds. The van der Waals surface area contributed by atoms with Gasteiger partial charge in [-0.2, -0.15) is 4.37 Å². The van der Waals surface area contributed by atoms with Gasteiger partial charge in [-0.3, -0.25) is 0 Å². The summed E-state index contributed by atoms with van der Waals surface area (Å²) in [4.78, 5) is 1.11. The maximum absolute atomic E-state index is 4.03. The van der Waals surface area contributed by atoms with Crippen LogP contribution in [0, 0.1) is 6.07 Å². The Morgan fingerprint density at radius 1 is 1.31 bits per heavy atom. The largest absolute Gasteiger partial charge is 0.200 e. The Bertz CT molecular complexity index is 361. The van der Waals surface area contributed by atoms with Crippen LogP contribution >= 0.6 is 11.5 Å². The minimum atomic E-state index is 1.09. The SMILES string of the molecule is CCc1ccc(-c2[c]cns2)cc1. The number of hydrogen-bond donors (Lipinski definition) is 0. The first-order valence-electron chi connectivity index (χ1n) is 4.32. The molecule has 0 saturated carbocycles. The van der Waals surface area contributed by atoms with Gasteiger partial charge >= 0.3 is 0 Å². The summed E-state index contributed by atoms with van der Waals surface area (Å²) in [6.45, 7) is 2.16. The fraction of sp³-hybridized carbons (Fsp3) is 0.182. The maximum atomic E-state index is 4.03. The molecule has 0 N–H and O–H groups in total. The molecule has 0 bridgehead atoms. The van der Waals surface area contributed by atoms with Crippen LogP contribution in [0.1, 0.15) is 12.5 Å². The van der Waals surface area contributed by atoms with Crippen molar-refractivity contribution in [2.45, 2.75) is 13.3 Å². The van der Waals surface area contributed by atoms with Gasteiger partial charge in [-0.1, -0.05) is 31.2 Å². The van der Waals surface area contributed by atoms with Gasteiger partial charge in [0.05, 0.1) is 4.88 Å². The fourth-order valence-corrected chi connectivity index (χ4v) is 1.78. The van der Waals surface area contributed by atoms with Crippen LogP contribution in [-0.2, 0) is 6.42 Å². The van der Waals surface area contributed by atoms with Crippen molar-refractivity contribution in [3.8, 4) is 10.4 Å². The molecule has 0 aliphatic rings. The summed E-state index contributed by atoms with van der Waals surface area (Å²) in [6, 6.07) is 11.7. The van der Waals surface area contributed by atoms with E-state index in [2.05, 4.69) is 41.6 Å². The average Bonchev–Trinajstić information content (AvgIpc) is 2.71. The van der Waals surface area contributed by atoms with Crippen molar-refractivity contribution in [2.24, 2.45) is 0 Å². The Hall–Kier alpha value is -1.15. The predicted octanol–water partition coefficient (Wildman–Crippen LogP) is 3.17. The molecule has 1 heterocycles. The van der Waals surface area contributed by atoms with Gasteiger partial charge in [-0.25, -0.2) is 0 Å². The average molecular weight is 188 g/mol. The summed E-state index contributed by atoms with van der Waals surface area (Å²) in [6.07, 6.45) is 2.81. The molecule has 1 radical (unpaired) electrons. The van der Waals surface area contributed by atoms with Crippen molar-refractivity contribution in [1.29, 1.82) is 0 Å². The second-order valence-electron chi connectivity index (χ2n) is 2.85. The first-order chi connectivity index (χ1) is 6.40. The van der Waals surface area contributed by atoms with Crippen molar-refractivity contribution >= 4 is 11.5 Å². The van der Waals surface area contributed by atoms with E-state index in [1.165, 1.54) is 22.7 Å². The molecule has 0 atom stereocenters. The third-order valence-electron chi connectivity index (χ3n) is 2.02. The third-order valence-corrected chi connectivity index (χ3v) is 2.76. The highest BCUT2D eigenvalue weighted by atomic mass is 32.1. The summed E-state index contributed by atoms with van der Waals surface area (Å²) < 4.78 is 4.03. The van der Waals surface area contributed by atoms with Gasteiger partial charge in [0, 0.05) is 12.3 Å². The molecule has 1 aromatic carbocycles. The molecule has 0 fully saturated rings. The van der Waals surface area contributed by atoms with Crippen LogP contribution in [0.3, 0.4) is 0 Å². The van der Waals surface area contributed by atoms with Gasteiger partial charge in [0.25, 0.3) is 0 Å². The zero-order chi connectivity index (χ0) is 9.10. The molecule has 2 aromatic rings. The predicted molar refractivity (Wildman–Crippen MR) is 55.8 cm³/mol. The standard InChI is InChI=1S/C11H10NS/c1-2-9-3-5-10(6-4-9)11-7-8-12-13-11/h3-6,8H,2H2,1H3. The van der Waals surface area contributed by atoms with Crippen LogP contribution < -0.4 is 0 Å². The van der Waals surface area contributed by atoms with Crippen molar-refractivity contribution in [1.82, 2.24) is 4.37 Å². The first-order valence-corrected chi connectivity index (χ1v) is 5.09. The second kappa shape index (κ2) is 3.71. The van der Waals surface area contributed by atoms with E-state index < -0.39 is 0 Å². The lowest BCUT2D eigenvalue weighted by atomic mass is 10.1. The van der Waals surface area contributed by atoms with Gasteiger partial charge in [0.15, 0.2) is 0 Å². The van der Waals surface area contributed by atoms with Crippen molar-refractivity contribution < 1.29 is 0 Å². The van der Waals surface area contributed by atoms with E-state index in [4.69, 9.17) is 0 Å². The highest BCUT2D eigenvalue weighted by Gasteiger charge is 1.98. The van der Waals surface area contributed by atoms with Crippen LogP contribution in [0.25, 0.3) is 10.4 Å². The Balaban J connectivity index is 2.33. The smallest absolute Gasteiger partial charge is 0.0629 e.